The van der Waals surface area contributed by atoms with E-state index in [-0.39, 0.29) is 5.92 Å². The smallest absolute Gasteiger partial charge is 0.168 e. The van der Waals surface area contributed by atoms with Crippen molar-refractivity contribution in [1.82, 2.24) is 0 Å². The van der Waals surface area contributed by atoms with Crippen LogP contribution in [-0.2, 0) is 9.47 Å². The van der Waals surface area contributed by atoms with Crippen LogP contribution < -0.4 is 0 Å². The molecule has 19 heavy (non-hydrogen) atoms. The van der Waals surface area contributed by atoms with Gasteiger partial charge in [0.1, 0.15) is 0 Å². The van der Waals surface area contributed by atoms with Crippen molar-refractivity contribution >= 4 is 0 Å². The third-order valence-corrected chi connectivity index (χ3v) is 4.29. The number of benzene rings is 1. The Kier molecular flexibility index (Phi) is 3.54. The number of hydrogen-bond acceptors (Lipinski definition) is 3. The lowest BCUT2D eigenvalue weighted by atomic mass is 9.75. The first-order valence-corrected chi connectivity index (χ1v) is 7.05. The Morgan fingerprint density at radius 1 is 1.21 bits per heavy atom. The van der Waals surface area contributed by atoms with E-state index >= 15 is 0 Å². The van der Waals surface area contributed by atoms with Gasteiger partial charge in [0, 0.05) is 12.8 Å². The first-order valence-electron chi connectivity index (χ1n) is 7.05. The first-order chi connectivity index (χ1) is 9.33. The summed E-state index contributed by atoms with van der Waals surface area (Å²) in [5.74, 6) is -0.113. The molecule has 1 spiro atoms. The molecule has 0 radical (unpaired) electrons. The highest BCUT2D eigenvalue weighted by Gasteiger charge is 2.43. The van der Waals surface area contributed by atoms with Gasteiger partial charge >= 0.3 is 0 Å². The summed E-state index contributed by atoms with van der Waals surface area (Å²) < 4.78 is 11.6. The summed E-state index contributed by atoms with van der Waals surface area (Å²) in [5.41, 5.74) is 1.12. The van der Waals surface area contributed by atoms with Crippen molar-refractivity contribution in [1.29, 1.82) is 5.26 Å². The van der Waals surface area contributed by atoms with Crippen LogP contribution in [0.1, 0.15) is 37.2 Å². The van der Waals surface area contributed by atoms with Crippen molar-refractivity contribution in [3.63, 3.8) is 0 Å². The first kappa shape index (κ1) is 12.7. The molecule has 3 nitrogen and oxygen atoms in total. The van der Waals surface area contributed by atoms with Gasteiger partial charge in [-0.2, -0.15) is 5.26 Å². The topological polar surface area (TPSA) is 42.2 Å². The Morgan fingerprint density at radius 2 is 1.95 bits per heavy atom. The van der Waals surface area contributed by atoms with Crippen LogP contribution >= 0.6 is 0 Å². The lowest BCUT2D eigenvalue weighted by molar-refractivity contribution is -0.187. The molecule has 2 atom stereocenters. The van der Waals surface area contributed by atoms with E-state index in [1.165, 1.54) is 0 Å². The quantitative estimate of drug-likeness (QED) is 0.817. The second kappa shape index (κ2) is 5.32. The van der Waals surface area contributed by atoms with Gasteiger partial charge in [0.05, 0.1) is 25.2 Å². The van der Waals surface area contributed by atoms with Crippen molar-refractivity contribution in [3.8, 4) is 6.07 Å². The molecule has 0 N–H and O–H groups in total. The van der Waals surface area contributed by atoms with Crippen LogP contribution in [0.15, 0.2) is 30.3 Å². The summed E-state index contributed by atoms with van der Waals surface area (Å²) in [5, 5.41) is 9.53. The highest BCUT2D eigenvalue weighted by molar-refractivity contribution is 5.26. The lowest BCUT2D eigenvalue weighted by Gasteiger charge is -2.37. The molecule has 2 aliphatic rings. The molecule has 0 amide bonds. The van der Waals surface area contributed by atoms with Crippen molar-refractivity contribution in [3.05, 3.63) is 35.9 Å². The molecule has 2 fully saturated rings. The Balaban J connectivity index is 1.79. The van der Waals surface area contributed by atoms with E-state index in [0.29, 0.717) is 19.1 Å². The zero-order valence-corrected chi connectivity index (χ0v) is 11.0. The molecule has 1 aliphatic carbocycles. The van der Waals surface area contributed by atoms with Gasteiger partial charge in [-0.05, 0) is 24.3 Å². The average Bonchev–Trinajstić information content (AvgIpc) is 2.89. The fourth-order valence-corrected chi connectivity index (χ4v) is 3.39. The largest absolute Gasteiger partial charge is 0.348 e. The third kappa shape index (κ3) is 2.51. The Bertz CT molecular complexity index is 459. The SMILES string of the molecule is N#C[C@@H](c1ccccc1)[C@H]1CCCC2(C1)OCCO2. The molecule has 3 rings (SSSR count). The molecule has 0 aromatic heterocycles. The maximum Gasteiger partial charge on any atom is 0.168 e. The molecule has 100 valence electrons. The number of hydrogen-bond donors (Lipinski definition) is 0. The van der Waals surface area contributed by atoms with E-state index < -0.39 is 5.79 Å². The average molecular weight is 257 g/mol. The predicted molar refractivity (Wildman–Crippen MR) is 71.4 cm³/mol. The van der Waals surface area contributed by atoms with E-state index in [4.69, 9.17) is 9.47 Å². The molecule has 0 unspecified atom stereocenters. The number of ether oxygens (including phenoxy) is 2. The zero-order chi connectivity index (χ0) is 13.1. The van der Waals surface area contributed by atoms with Gasteiger partial charge in [0.15, 0.2) is 5.79 Å². The second-order valence-corrected chi connectivity index (χ2v) is 5.48. The molecule has 1 aromatic rings. The van der Waals surface area contributed by atoms with Crippen LogP contribution in [0.5, 0.6) is 0 Å². The molecule has 1 aliphatic heterocycles. The molecule has 1 aromatic carbocycles. The summed E-state index contributed by atoms with van der Waals surface area (Å²) in [4.78, 5) is 0. The number of rotatable bonds is 2. The van der Waals surface area contributed by atoms with Crippen molar-refractivity contribution in [2.24, 2.45) is 5.92 Å². The minimum absolute atomic E-state index is 0.0498. The minimum atomic E-state index is -0.396. The van der Waals surface area contributed by atoms with Crippen LogP contribution in [0.25, 0.3) is 0 Å². The molecule has 1 saturated carbocycles. The normalized spacial score (nSPS) is 27.0. The Labute approximate surface area is 114 Å². The van der Waals surface area contributed by atoms with Crippen LogP contribution in [-0.4, -0.2) is 19.0 Å². The molecular weight excluding hydrogens is 238 g/mol. The van der Waals surface area contributed by atoms with Crippen LogP contribution in [0, 0.1) is 17.2 Å². The fraction of sp³-hybridized carbons (Fsp3) is 0.562. The molecule has 3 heteroatoms. The highest BCUT2D eigenvalue weighted by atomic mass is 16.7. The summed E-state index contributed by atoms with van der Waals surface area (Å²) in [6.45, 7) is 1.38. The van der Waals surface area contributed by atoms with E-state index in [1.807, 2.05) is 30.3 Å². The van der Waals surface area contributed by atoms with E-state index in [9.17, 15) is 5.26 Å². The van der Waals surface area contributed by atoms with Gasteiger partial charge in [0.25, 0.3) is 0 Å². The maximum absolute atomic E-state index is 9.53. The van der Waals surface area contributed by atoms with Gasteiger partial charge in [-0.1, -0.05) is 30.3 Å². The lowest BCUT2D eigenvalue weighted by Crippen LogP contribution is -2.38. The fourth-order valence-electron chi connectivity index (χ4n) is 3.39. The number of nitriles is 1. The molecule has 1 saturated heterocycles. The standard InChI is InChI=1S/C16H19NO2/c17-12-15(13-5-2-1-3-6-13)14-7-4-8-16(11-14)18-9-10-19-16/h1-3,5-6,14-15H,4,7-11H2/t14-,15-/m0/s1. The van der Waals surface area contributed by atoms with Gasteiger partial charge in [0.2, 0.25) is 0 Å². The van der Waals surface area contributed by atoms with Crippen LogP contribution in [0.2, 0.25) is 0 Å². The maximum atomic E-state index is 9.53. The van der Waals surface area contributed by atoms with E-state index in [0.717, 1.165) is 31.2 Å². The van der Waals surface area contributed by atoms with Crippen LogP contribution in [0.3, 0.4) is 0 Å². The third-order valence-electron chi connectivity index (χ3n) is 4.29. The van der Waals surface area contributed by atoms with Crippen molar-refractivity contribution in [2.75, 3.05) is 13.2 Å². The summed E-state index contributed by atoms with van der Waals surface area (Å²) in [6, 6.07) is 12.6. The summed E-state index contributed by atoms with van der Waals surface area (Å²) in [6.07, 6.45) is 3.98. The molecule has 1 heterocycles. The highest BCUT2D eigenvalue weighted by Crippen LogP contribution is 2.44. The van der Waals surface area contributed by atoms with E-state index in [2.05, 4.69) is 6.07 Å². The van der Waals surface area contributed by atoms with Gasteiger partial charge in [-0.3, -0.25) is 0 Å². The van der Waals surface area contributed by atoms with E-state index in [1.54, 1.807) is 0 Å². The minimum Gasteiger partial charge on any atom is -0.348 e. The van der Waals surface area contributed by atoms with Crippen molar-refractivity contribution < 1.29 is 9.47 Å². The van der Waals surface area contributed by atoms with Gasteiger partial charge in [-0.15, -0.1) is 0 Å². The second-order valence-electron chi connectivity index (χ2n) is 5.48. The van der Waals surface area contributed by atoms with Crippen LogP contribution in [0.4, 0.5) is 0 Å². The molecule has 0 bridgehead atoms. The predicted octanol–water partition coefficient (Wildman–Crippen LogP) is 3.23. The van der Waals surface area contributed by atoms with Gasteiger partial charge in [-0.25, -0.2) is 0 Å². The Morgan fingerprint density at radius 3 is 2.63 bits per heavy atom. The van der Waals surface area contributed by atoms with Crippen molar-refractivity contribution in [2.45, 2.75) is 37.4 Å². The zero-order valence-electron chi connectivity index (χ0n) is 11.0. The number of nitrogens with zero attached hydrogens (tertiary/aromatic N) is 1. The monoisotopic (exact) mass is 257 g/mol. The molecular formula is C16H19NO2. The van der Waals surface area contributed by atoms with Gasteiger partial charge < -0.3 is 9.47 Å². The Hall–Kier alpha value is -1.37. The summed E-state index contributed by atoms with van der Waals surface area (Å²) in [7, 11) is 0. The summed E-state index contributed by atoms with van der Waals surface area (Å²) >= 11 is 0.